The fraction of sp³-hybridized carbons (Fsp3) is 0.400. The Labute approximate surface area is 112 Å². The highest BCUT2D eigenvalue weighted by atomic mass is 16.1. The second-order valence-electron chi connectivity index (χ2n) is 5.12. The second kappa shape index (κ2) is 5.45. The number of aromatic amines is 1. The zero-order valence-electron chi connectivity index (χ0n) is 10.9. The molecule has 3 rings (SSSR count). The van der Waals surface area contributed by atoms with Crippen molar-refractivity contribution in [2.75, 3.05) is 13.1 Å². The quantitative estimate of drug-likeness (QED) is 0.785. The Kier molecular flexibility index (Phi) is 3.51. The number of hydrogen-bond donors (Lipinski definition) is 3. The maximum atomic E-state index is 12.0. The first kappa shape index (κ1) is 12.2. The van der Waals surface area contributed by atoms with Crippen LogP contribution < -0.4 is 10.6 Å². The lowest BCUT2D eigenvalue weighted by Crippen LogP contribution is -2.30. The third kappa shape index (κ3) is 2.79. The molecule has 0 radical (unpaired) electrons. The lowest BCUT2D eigenvalue weighted by molar-refractivity contribution is 0.0952. The molecule has 0 unspecified atom stereocenters. The molecule has 1 atom stereocenters. The number of hydrogen-bond acceptors (Lipinski definition) is 2. The van der Waals surface area contributed by atoms with Crippen molar-refractivity contribution < 1.29 is 4.79 Å². The molecule has 19 heavy (non-hydrogen) atoms. The molecule has 1 aliphatic heterocycles. The summed E-state index contributed by atoms with van der Waals surface area (Å²) in [5, 5.41) is 7.50. The normalized spacial score (nSPS) is 18.8. The molecule has 2 heterocycles. The first-order chi connectivity index (χ1) is 9.33. The molecule has 1 saturated heterocycles. The van der Waals surface area contributed by atoms with Crippen molar-refractivity contribution in [2.24, 2.45) is 0 Å². The number of nitrogens with one attached hydrogen (secondary N) is 3. The van der Waals surface area contributed by atoms with Gasteiger partial charge in [-0.05, 0) is 50.1 Å². The molecule has 4 heteroatoms. The molecular formula is C15H19N3O. The van der Waals surface area contributed by atoms with Gasteiger partial charge in [-0.15, -0.1) is 0 Å². The number of benzene rings is 1. The van der Waals surface area contributed by atoms with E-state index in [1.54, 1.807) is 0 Å². The van der Waals surface area contributed by atoms with Crippen molar-refractivity contribution >= 4 is 16.8 Å². The molecule has 0 bridgehead atoms. The Morgan fingerprint density at radius 3 is 3.16 bits per heavy atom. The van der Waals surface area contributed by atoms with E-state index in [0.717, 1.165) is 36.0 Å². The number of carbonyl (C=O) groups is 1. The Morgan fingerprint density at radius 2 is 2.32 bits per heavy atom. The minimum atomic E-state index is 0.0149. The number of amides is 1. The van der Waals surface area contributed by atoms with Gasteiger partial charge < -0.3 is 15.6 Å². The van der Waals surface area contributed by atoms with Crippen molar-refractivity contribution in [3.63, 3.8) is 0 Å². The van der Waals surface area contributed by atoms with Crippen LogP contribution in [0.4, 0.5) is 0 Å². The van der Waals surface area contributed by atoms with E-state index < -0.39 is 0 Å². The zero-order chi connectivity index (χ0) is 13.1. The van der Waals surface area contributed by atoms with E-state index in [1.807, 2.05) is 30.5 Å². The molecule has 1 aromatic carbocycles. The van der Waals surface area contributed by atoms with Crippen molar-refractivity contribution in [3.05, 3.63) is 36.0 Å². The maximum Gasteiger partial charge on any atom is 0.251 e. The molecule has 0 saturated carbocycles. The Hall–Kier alpha value is -1.81. The number of aromatic nitrogens is 1. The number of fused-ring (bicyclic) bond motifs is 1. The molecule has 1 fully saturated rings. The van der Waals surface area contributed by atoms with E-state index in [0.29, 0.717) is 6.04 Å². The van der Waals surface area contributed by atoms with Gasteiger partial charge in [0, 0.05) is 35.2 Å². The Balaban J connectivity index is 1.56. The van der Waals surface area contributed by atoms with Crippen LogP contribution in [0.2, 0.25) is 0 Å². The van der Waals surface area contributed by atoms with E-state index in [4.69, 9.17) is 0 Å². The smallest absolute Gasteiger partial charge is 0.251 e. The Morgan fingerprint density at radius 1 is 1.37 bits per heavy atom. The predicted octanol–water partition coefficient (Wildman–Crippen LogP) is 2.04. The summed E-state index contributed by atoms with van der Waals surface area (Å²) < 4.78 is 0. The molecule has 4 nitrogen and oxygen atoms in total. The lowest BCUT2D eigenvalue weighted by atomic mass is 10.1. The molecule has 1 aliphatic rings. The lowest BCUT2D eigenvalue weighted by Gasteiger charge is -2.10. The van der Waals surface area contributed by atoms with E-state index in [9.17, 15) is 4.79 Å². The fourth-order valence-corrected chi connectivity index (χ4v) is 2.66. The molecule has 1 amide bonds. The van der Waals surface area contributed by atoms with Crippen molar-refractivity contribution in [3.8, 4) is 0 Å². The third-order valence-corrected chi connectivity index (χ3v) is 3.76. The molecular weight excluding hydrogens is 238 g/mol. The Bertz CT molecular complexity index is 570. The highest BCUT2D eigenvalue weighted by molar-refractivity contribution is 5.98. The highest BCUT2D eigenvalue weighted by Gasteiger charge is 2.14. The van der Waals surface area contributed by atoms with E-state index in [1.165, 1.54) is 12.8 Å². The van der Waals surface area contributed by atoms with Gasteiger partial charge in [-0.25, -0.2) is 0 Å². The van der Waals surface area contributed by atoms with Crippen LogP contribution in [0, 0.1) is 0 Å². The minimum absolute atomic E-state index is 0.0149. The van der Waals surface area contributed by atoms with Crippen LogP contribution in [0.25, 0.3) is 10.9 Å². The topological polar surface area (TPSA) is 56.9 Å². The maximum absolute atomic E-state index is 12.0. The molecule has 0 aliphatic carbocycles. The summed E-state index contributed by atoms with van der Waals surface area (Å²) in [6.45, 7) is 1.85. The van der Waals surface area contributed by atoms with Gasteiger partial charge in [-0.2, -0.15) is 0 Å². The summed E-state index contributed by atoms with van der Waals surface area (Å²) in [5.41, 5.74) is 1.79. The van der Waals surface area contributed by atoms with Gasteiger partial charge in [-0.1, -0.05) is 0 Å². The van der Waals surface area contributed by atoms with Gasteiger partial charge >= 0.3 is 0 Å². The molecule has 1 aromatic heterocycles. The van der Waals surface area contributed by atoms with Gasteiger partial charge in [0.1, 0.15) is 0 Å². The minimum Gasteiger partial charge on any atom is -0.361 e. The summed E-state index contributed by atoms with van der Waals surface area (Å²) in [7, 11) is 0. The molecule has 2 aromatic rings. The van der Waals surface area contributed by atoms with E-state index >= 15 is 0 Å². The van der Waals surface area contributed by atoms with Gasteiger partial charge in [-0.3, -0.25) is 4.79 Å². The van der Waals surface area contributed by atoms with Gasteiger partial charge in [0.2, 0.25) is 0 Å². The van der Waals surface area contributed by atoms with E-state index in [-0.39, 0.29) is 5.91 Å². The van der Waals surface area contributed by atoms with Crippen molar-refractivity contribution in [2.45, 2.75) is 25.3 Å². The van der Waals surface area contributed by atoms with Crippen LogP contribution in [0.15, 0.2) is 30.5 Å². The largest absolute Gasteiger partial charge is 0.361 e. The SMILES string of the molecule is O=C(NCC[C@H]1CCCN1)c1ccc2[nH]ccc2c1. The molecule has 3 N–H and O–H groups in total. The van der Waals surface area contributed by atoms with Crippen molar-refractivity contribution in [1.29, 1.82) is 0 Å². The highest BCUT2D eigenvalue weighted by Crippen LogP contribution is 2.14. The van der Waals surface area contributed by atoms with Crippen LogP contribution in [0.1, 0.15) is 29.6 Å². The fourth-order valence-electron chi connectivity index (χ4n) is 2.66. The van der Waals surface area contributed by atoms with Crippen LogP contribution in [-0.2, 0) is 0 Å². The van der Waals surface area contributed by atoms with Gasteiger partial charge in [0.05, 0.1) is 0 Å². The average molecular weight is 257 g/mol. The van der Waals surface area contributed by atoms with Crippen LogP contribution in [0.3, 0.4) is 0 Å². The average Bonchev–Trinajstić information content (AvgIpc) is 3.08. The van der Waals surface area contributed by atoms with Gasteiger partial charge in [0.15, 0.2) is 0 Å². The number of H-pyrrole nitrogens is 1. The van der Waals surface area contributed by atoms with Crippen LogP contribution in [-0.4, -0.2) is 30.0 Å². The molecule has 0 spiro atoms. The summed E-state index contributed by atoms with van der Waals surface area (Å²) in [6, 6.07) is 8.29. The number of rotatable bonds is 4. The zero-order valence-corrected chi connectivity index (χ0v) is 10.9. The first-order valence-corrected chi connectivity index (χ1v) is 6.92. The molecule has 100 valence electrons. The predicted molar refractivity (Wildman–Crippen MR) is 76.3 cm³/mol. The van der Waals surface area contributed by atoms with Gasteiger partial charge in [0.25, 0.3) is 5.91 Å². The summed E-state index contributed by atoms with van der Waals surface area (Å²) in [6.07, 6.45) is 5.38. The second-order valence-corrected chi connectivity index (χ2v) is 5.12. The first-order valence-electron chi connectivity index (χ1n) is 6.92. The summed E-state index contributed by atoms with van der Waals surface area (Å²) >= 11 is 0. The van der Waals surface area contributed by atoms with E-state index in [2.05, 4.69) is 15.6 Å². The van der Waals surface area contributed by atoms with Crippen LogP contribution in [0.5, 0.6) is 0 Å². The number of carbonyl (C=O) groups excluding carboxylic acids is 1. The van der Waals surface area contributed by atoms with Crippen LogP contribution >= 0.6 is 0 Å². The monoisotopic (exact) mass is 257 g/mol. The third-order valence-electron chi connectivity index (χ3n) is 3.76. The standard InChI is InChI=1S/C15H19N3O/c19-15(18-9-6-13-2-1-7-16-13)12-3-4-14-11(10-12)5-8-17-14/h3-5,8,10,13,16-17H,1-2,6-7,9H2,(H,18,19)/t13-/m1/s1. The van der Waals surface area contributed by atoms with Crippen molar-refractivity contribution in [1.82, 2.24) is 15.6 Å². The summed E-state index contributed by atoms with van der Waals surface area (Å²) in [4.78, 5) is 15.2. The summed E-state index contributed by atoms with van der Waals surface area (Å²) in [5.74, 6) is 0.0149.